The minimum Gasteiger partial charge on any atom is -0.444 e. The molecule has 1 aliphatic heterocycles. The van der Waals surface area contributed by atoms with Gasteiger partial charge < -0.3 is 9.52 Å². The van der Waals surface area contributed by atoms with Crippen molar-refractivity contribution in [2.75, 3.05) is 13.1 Å². The average Bonchev–Trinajstić information content (AvgIpc) is 2.74. The van der Waals surface area contributed by atoms with E-state index >= 15 is 0 Å². The van der Waals surface area contributed by atoms with E-state index in [1.54, 1.807) is 0 Å². The second-order valence-corrected chi connectivity index (χ2v) is 5.55. The Morgan fingerprint density at radius 2 is 2.31 bits per heavy atom. The summed E-state index contributed by atoms with van der Waals surface area (Å²) in [6, 6.07) is 0. The van der Waals surface area contributed by atoms with Crippen LogP contribution in [-0.2, 0) is 12.0 Å². The average molecular weight is 224 g/mol. The molecule has 0 saturated carbocycles. The monoisotopic (exact) mass is 224 g/mol. The summed E-state index contributed by atoms with van der Waals surface area (Å²) in [6.07, 6.45) is 2.48. The maximum absolute atomic E-state index is 9.42. The lowest BCUT2D eigenvalue weighted by molar-refractivity contribution is 0.170. The lowest BCUT2D eigenvalue weighted by Crippen LogP contribution is -2.21. The summed E-state index contributed by atoms with van der Waals surface area (Å²) >= 11 is 0. The molecule has 0 aromatic carbocycles. The molecule has 0 amide bonds. The van der Waals surface area contributed by atoms with Crippen LogP contribution in [0.2, 0.25) is 0 Å². The van der Waals surface area contributed by atoms with Crippen LogP contribution in [0.25, 0.3) is 0 Å². The van der Waals surface area contributed by atoms with Gasteiger partial charge in [0.2, 0.25) is 5.89 Å². The van der Waals surface area contributed by atoms with Crippen LogP contribution in [0.15, 0.2) is 10.6 Å². The maximum Gasteiger partial charge on any atom is 0.208 e. The van der Waals surface area contributed by atoms with Gasteiger partial charge >= 0.3 is 0 Å². The van der Waals surface area contributed by atoms with Gasteiger partial charge in [0.15, 0.2) is 0 Å². The molecule has 4 heteroatoms. The second-order valence-electron chi connectivity index (χ2n) is 5.55. The van der Waals surface area contributed by atoms with Crippen LogP contribution in [-0.4, -0.2) is 34.2 Å². The molecule has 1 atom stereocenters. The van der Waals surface area contributed by atoms with Crippen LogP contribution in [0.1, 0.15) is 38.8 Å². The minimum atomic E-state index is -0.183. The smallest absolute Gasteiger partial charge is 0.208 e. The van der Waals surface area contributed by atoms with E-state index in [0.717, 1.165) is 31.2 Å². The molecule has 2 heterocycles. The van der Waals surface area contributed by atoms with E-state index in [2.05, 4.69) is 30.7 Å². The van der Waals surface area contributed by atoms with E-state index < -0.39 is 0 Å². The summed E-state index contributed by atoms with van der Waals surface area (Å²) in [7, 11) is 0. The van der Waals surface area contributed by atoms with Crippen LogP contribution in [0.5, 0.6) is 0 Å². The third-order valence-corrected chi connectivity index (χ3v) is 2.90. The van der Waals surface area contributed by atoms with Crippen LogP contribution in [0.4, 0.5) is 0 Å². The number of aromatic nitrogens is 1. The molecule has 0 aliphatic carbocycles. The molecule has 1 saturated heterocycles. The standard InChI is InChI=1S/C12H20N2O2/c1-12(2,3)10-6-13-11(16-10)8-14-5-4-9(15)7-14/h6,9,15H,4-5,7-8H2,1-3H3. The Balaban J connectivity index is 1.98. The highest BCUT2D eigenvalue weighted by atomic mass is 16.4. The Labute approximate surface area is 96.3 Å². The number of β-amino-alcohol motifs (C(OH)–C–C–N with tert-alkyl or cyclic N) is 1. The van der Waals surface area contributed by atoms with Gasteiger partial charge in [0.05, 0.1) is 18.8 Å². The van der Waals surface area contributed by atoms with Gasteiger partial charge in [-0.15, -0.1) is 0 Å². The predicted octanol–water partition coefficient (Wildman–Crippen LogP) is 1.54. The van der Waals surface area contributed by atoms with Crippen molar-refractivity contribution < 1.29 is 9.52 Å². The van der Waals surface area contributed by atoms with Crippen LogP contribution >= 0.6 is 0 Å². The van der Waals surface area contributed by atoms with Crippen molar-refractivity contribution in [2.45, 2.75) is 45.3 Å². The quantitative estimate of drug-likeness (QED) is 0.828. The maximum atomic E-state index is 9.42. The zero-order chi connectivity index (χ0) is 11.8. The molecule has 2 rings (SSSR count). The van der Waals surface area contributed by atoms with E-state index in [9.17, 15) is 5.11 Å². The molecule has 1 aromatic rings. The van der Waals surface area contributed by atoms with Gasteiger partial charge in [-0.2, -0.15) is 0 Å². The molecule has 1 N–H and O–H groups in total. The summed E-state index contributed by atoms with van der Waals surface area (Å²) in [5.74, 6) is 1.67. The lowest BCUT2D eigenvalue weighted by atomic mass is 9.94. The molecular formula is C12H20N2O2. The number of nitrogens with zero attached hydrogens (tertiary/aromatic N) is 2. The minimum absolute atomic E-state index is 0.00970. The summed E-state index contributed by atoms with van der Waals surface area (Å²) in [5, 5.41) is 9.42. The van der Waals surface area contributed by atoms with Gasteiger partial charge in [0, 0.05) is 18.5 Å². The topological polar surface area (TPSA) is 49.5 Å². The summed E-state index contributed by atoms with van der Waals surface area (Å²) in [5.41, 5.74) is 0.00970. The van der Waals surface area contributed by atoms with Crippen molar-refractivity contribution in [3.63, 3.8) is 0 Å². The number of rotatable bonds is 2. The SMILES string of the molecule is CC(C)(C)c1cnc(CN2CCC(O)C2)o1. The van der Waals surface area contributed by atoms with Crippen molar-refractivity contribution in [3.05, 3.63) is 17.8 Å². The van der Waals surface area contributed by atoms with Crippen molar-refractivity contribution in [2.24, 2.45) is 0 Å². The third-order valence-electron chi connectivity index (χ3n) is 2.90. The number of hydrogen-bond donors (Lipinski definition) is 1. The Kier molecular flexibility index (Phi) is 3.04. The molecule has 1 unspecified atom stereocenters. The fraction of sp³-hybridized carbons (Fsp3) is 0.750. The Morgan fingerprint density at radius 3 is 2.81 bits per heavy atom. The molecule has 1 aromatic heterocycles. The summed E-state index contributed by atoms with van der Waals surface area (Å²) in [6.45, 7) is 8.68. The van der Waals surface area contributed by atoms with Crippen LogP contribution < -0.4 is 0 Å². The Bertz CT molecular complexity index is 354. The van der Waals surface area contributed by atoms with Crippen molar-refractivity contribution in [1.82, 2.24) is 9.88 Å². The normalized spacial score (nSPS) is 22.9. The molecule has 1 fully saturated rings. The first-order valence-corrected chi connectivity index (χ1v) is 5.81. The van der Waals surface area contributed by atoms with E-state index in [-0.39, 0.29) is 11.5 Å². The van der Waals surface area contributed by atoms with E-state index in [1.807, 2.05) is 6.20 Å². The lowest BCUT2D eigenvalue weighted by Gasteiger charge is -2.14. The zero-order valence-corrected chi connectivity index (χ0v) is 10.2. The van der Waals surface area contributed by atoms with Gasteiger partial charge in [0.25, 0.3) is 0 Å². The first-order valence-electron chi connectivity index (χ1n) is 5.81. The third kappa shape index (κ3) is 2.62. The van der Waals surface area contributed by atoms with Crippen molar-refractivity contribution in [3.8, 4) is 0 Å². The zero-order valence-electron chi connectivity index (χ0n) is 10.2. The molecule has 90 valence electrons. The second kappa shape index (κ2) is 4.18. The van der Waals surface area contributed by atoms with Crippen molar-refractivity contribution >= 4 is 0 Å². The summed E-state index contributed by atoms with van der Waals surface area (Å²) in [4.78, 5) is 6.45. The van der Waals surface area contributed by atoms with Crippen molar-refractivity contribution in [1.29, 1.82) is 0 Å². The highest BCUT2D eigenvalue weighted by Gasteiger charge is 2.23. The van der Waals surface area contributed by atoms with E-state index in [4.69, 9.17) is 4.42 Å². The number of likely N-dealkylation sites (tertiary alicyclic amines) is 1. The first-order chi connectivity index (χ1) is 7.45. The molecule has 16 heavy (non-hydrogen) atoms. The molecular weight excluding hydrogens is 204 g/mol. The predicted molar refractivity (Wildman–Crippen MR) is 61.1 cm³/mol. The molecule has 0 spiro atoms. The van der Waals surface area contributed by atoms with E-state index in [1.165, 1.54) is 0 Å². The number of oxazole rings is 1. The number of hydrogen-bond acceptors (Lipinski definition) is 4. The van der Waals surface area contributed by atoms with Gasteiger partial charge in [-0.1, -0.05) is 20.8 Å². The van der Waals surface area contributed by atoms with Gasteiger partial charge in [-0.05, 0) is 6.42 Å². The highest BCUT2D eigenvalue weighted by molar-refractivity contribution is 5.06. The van der Waals surface area contributed by atoms with Crippen LogP contribution in [0.3, 0.4) is 0 Å². The van der Waals surface area contributed by atoms with Crippen LogP contribution in [0, 0.1) is 0 Å². The largest absolute Gasteiger partial charge is 0.444 e. The molecule has 4 nitrogen and oxygen atoms in total. The molecule has 0 radical (unpaired) electrons. The Morgan fingerprint density at radius 1 is 1.56 bits per heavy atom. The van der Waals surface area contributed by atoms with Gasteiger partial charge in [-0.25, -0.2) is 4.98 Å². The van der Waals surface area contributed by atoms with E-state index in [0.29, 0.717) is 6.54 Å². The molecule has 1 aliphatic rings. The highest BCUT2D eigenvalue weighted by Crippen LogP contribution is 2.23. The van der Waals surface area contributed by atoms with Gasteiger partial charge in [-0.3, -0.25) is 4.90 Å². The Hall–Kier alpha value is -0.870. The first kappa shape index (κ1) is 11.6. The fourth-order valence-electron chi connectivity index (χ4n) is 1.88. The fourth-order valence-corrected chi connectivity index (χ4v) is 1.88. The number of aliphatic hydroxyl groups excluding tert-OH is 1. The summed E-state index contributed by atoms with van der Waals surface area (Å²) < 4.78 is 5.71. The van der Waals surface area contributed by atoms with Gasteiger partial charge in [0.1, 0.15) is 5.76 Å². The molecule has 0 bridgehead atoms. The number of aliphatic hydroxyl groups is 1.